The van der Waals surface area contributed by atoms with Gasteiger partial charge in [-0.1, -0.05) is 55.5 Å². The van der Waals surface area contributed by atoms with Gasteiger partial charge in [-0.3, -0.25) is 24.6 Å². The summed E-state index contributed by atoms with van der Waals surface area (Å²) >= 11 is 0. The molecule has 0 aliphatic carbocycles. The van der Waals surface area contributed by atoms with Gasteiger partial charge >= 0.3 is 16.8 Å². The molecule has 1 aromatic carbocycles. The predicted molar refractivity (Wildman–Crippen MR) is 130 cm³/mol. The fraction of sp³-hybridized carbons (Fsp3) is 0.143. The molecule has 0 saturated heterocycles. The number of pyridine rings is 3. The molecule has 0 spiro atoms. The fourth-order valence-corrected chi connectivity index (χ4v) is 3.20. The van der Waals surface area contributed by atoms with E-state index in [-0.39, 0.29) is 28.3 Å². The number of rotatable bonds is 8. The molecule has 4 rings (SSSR count). The van der Waals surface area contributed by atoms with Gasteiger partial charge in [-0.2, -0.15) is 0 Å². The van der Waals surface area contributed by atoms with Crippen LogP contribution in [-0.2, 0) is 36.4 Å². The molecule has 0 N–H and O–H groups in total. The summed E-state index contributed by atoms with van der Waals surface area (Å²) in [6.07, 6.45) is 6.58. The van der Waals surface area contributed by atoms with Crippen molar-refractivity contribution < 1.29 is 84.4 Å². The molecule has 3 heterocycles. The molecule has 0 radical (unpaired) electrons. The van der Waals surface area contributed by atoms with Crippen LogP contribution in [0.4, 0.5) is 0 Å². The fourth-order valence-electron chi connectivity index (χ4n) is 3.20. The third-order valence-electron chi connectivity index (χ3n) is 4.73. The van der Waals surface area contributed by atoms with Gasteiger partial charge in [0, 0.05) is 43.8 Å². The summed E-state index contributed by atoms with van der Waals surface area (Å²) in [5.74, 6) is -0.452. The van der Waals surface area contributed by atoms with E-state index in [4.69, 9.17) is 37.3 Å². The van der Waals surface area contributed by atoms with E-state index in [1.165, 1.54) is 6.92 Å². The average Bonchev–Trinajstić information content (AvgIpc) is 2.93. The van der Waals surface area contributed by atoms with Gasteiger partial charge in [0.2, 0.25) is 0 Å². The van der Waals surface area contributed by atoms with Crippen LogP contribution < -0.4 is 42.4 Å². The smallest absolute Gasteiger partial charge is 0.876 e. The van der Waals surface area contributed by atoms with Crippen LogP contribution in [-0.4, -0.2) is 25.6 Å². The third-order valence-corrected chi connectivity index (χ3v) is 4.73. The maximum atomic E-state index is 11.2. The number of hydrogen-bond donors (Lipinski definition) is 0. The monoisotopic (exact) mass is 708 g/mol. The van der Waals surface area contributed by atoms with E-state index in [0.29, 0.717) is 5.56 Å². The summed E-state index contributed by atoms with van der Waals surface area (Å²) in [6, 6.07) is 26.7. The second-order valence-corrected chi connectivity index (χ2v) is 9.86. The van der Waals surface area contributed by atoms with E-state index in [2.05, 4.69) is 19.9 Å². The molecule has 3 aromatic heterocycles. The largest absolute Gasteiger partial charge is 3.00 e. The maximum Gasteiger partial charge on any atom is 3.00 e. The summed E-state index contributed by atoms with van der Waals surface area (Å²) in [7, 11) is -9.89. The first kappa shape index (κ1) is 41.6. The number of carbonyl (C=O) groups excluding carboxylic acids is 1. The van der Waals surface area contributed by atoms with Crippen LogP contribution >= 0.6 is 0 Å². The Hall–Kier alpha value is -3.39. The molecule has 4 aromatic rings. The number of ketones is 1. The number of carbonyl (C=O) groups is 1. The van der Waals surface area contributed by atoms with E-state index in [0.717, 1.165) is 42.8 Å². The molecule has 242 valence electrons. The average molecular weight is 709 g/mol. The number of halogens is 2. The van der Waals surface area contributed by atoms with Crippen molar-refractivity contribution in [2.75, 3.05) is 0 Å². The number of aromatic nitrogens is 3. The van der Waals surface area contributed by atoms with Crippen molar-refractivity contribution in [3.05, 3.63) is 138 Å². The first-order valence-electron chi connectivity index (χ1n) is 12.2. The molecule has 0 fully saturated rings. The molecule has 17 heteroatoms. The van der Waals surface area contributed by atoms with Crippen molar-refractivity contribution in [3.63, 3.8) is 0 Å². The molecular weight excluding hydrogens is 682 g/mol. The van der Waals surface area contributed by atoms with Gasteiger partial charge < -0.3 is 5.11 Å². The van der Waals surface area contributed by atoms with Crippen molar-refractivity contribution in [1.82, 2.24) is 19.9 Å². The third kappa shape index (κ3) is 25.6. The Morgan fingerprint density at radius 3 is 1.20 bits per heavy atom. The van der Waals surface area contributed by atoms with Gasteiger partial charge in [-0.25, -0.2) is 37.3 Å². The van der Waals surface area contributed by atoms with Gasteiger partial charge in [0.25, 0.3) is 0 Å². The van der Waals surface area contributed by atoms with Gasteiger partial charge in [0.1, 0.15) is 0 Å². The van der Waals surface area contributed by atoms with Crippen LogP contribution in [0.2, 0.25) is 0 Å². The van der Waals surface area contributed by atoms with Crippen LogP contribution in [0, 0.1) is 20.5 Å². The Labute approximate surface area is 273 Å². The molecule has 45 heavy (non-hydrogen) atoms. The second kappa shape index (κ2) is 22.2. The Balaban J connectivity index is 0.000000707. The zero-order valence-corrected chi connectivity index (χ0v) is 26.0. The molecule has 0 saturated carbocycles. The molecule has 0 aliphatic heterocycles. The number of hydrogen-bond acceptors (Lipinski definition) is 14. The molecule has 0 bridgehead atoms. The van der Waals surface area contributed by atoms with Crippen LogP contribution in [0.25, 0.3) is 0 Å². The van der Waals surface area contributed by atoms with Crippen LogP contribution in [0.3, 0.4) is 0 Å². The second-order valence-electron chi connectivity index (χ2n) is 8.35. The van der Waals surface area contributed by atoms with Crippen LogP contribution in [0.1, 0.15) is 34.4 Å². The number of benzene rings is 1. The van der Waals surface area contributed by atoms with Gasteiger partial charge in [-0.15, -0.1) is 26.2 Å². The number of nitrogens with zero attached hydrogens (tertiary/aromatic N) is 4. The summed E-state index contributed by atoms with van der Waals surface area (Å²) in [6.45, 7) is 3.68. The van der Waals surface area contributed by atoms with Crippen molar-refractivity contribution in [2.24, 2.45) is 0 Å². The quantitative estimate of drug-likeness (QED) is 0.0940. The predicted octanol–water partition coefficient (Wildman–Crippen LogP) is -5.31. The summed E-state index contributed by atoms with van der Waals surface area (Å²) in [5.41, 5.74) is 3.70. The van der Waals surface area contributed by atoms with Crippen molar-refractivity contribution in [2.45, 2.75) is 26.6 Å². The molecule has 0 unspecified atom stereocenters. The SMILES string of the molecule is C/C([O-])=C/C(=O)c1ccccc1.[Co+3].[O-][Cl+3]([O-])([O-])[O-].[O-][Cl+3]([O-])([O-])[O-].c1ccc(CN(Cc2ccccn2)Cc2ccccn2)nc1. The van der Waals surface area contributed by atoms with Crippen molar-refractivity contribution >= 4 is 5.78 Å². The summed E-state index contributed by atoms with van der Waals surface area (Å²) in [5, 5.41) is 10.6. The minimum atomic E-state index is -4.94. The zero-order chi connectivity index (χ0) is 33.0. The Morgan fingerprint density at radius 2 is 0.933 bits per heavy atom. The van der Waals surface area contributed by atoms with Gasteiger partial charge in [-0.05, 0) is 42.5 Å². The van der Waals surface area contributed by atoms with E-state index in [1.807, 2.05) is 79.3 Å². The first-order valence-corrected chi connectivity index (χ1v) is 14.7. The standard InChI is InChI=1S/C18H18N4.C10H10O2.2ClHO4.Co/c1-4-10-19-16(7-1)13-22(14-17-8-2-5-11-20-17)15-18-9-3-6-12-21-18;1-8(11)7-10(12)9-5-3-2-4-6-9;2*2-1(3,4)5;/h1-12H,13-15H2;2-7,11H,1H3;2*(H,2,3,4,5);/q;;;;+3/p-3/b;8-7-;;;. The Kier molecular flexibility index (Phi) is 20.5. The van der Waals surface area contributed by atoms with Crippen molar-refractivity contribution in [1.29, 1.82) is 0 Å². The topological polar surface area (TPSA) is 267 Å². The van der Waals surface area contributed by atoms with E-state index < -0.39 is 20.5 Å². The summed E-state index contributed by atoms with van der Waals surface area (Å²) < 4.78 is 67.9. The minimum absolute atomic E-state index is 0. The molecular formula is C28H27Cl2CoN4O10. The van der Waals surface area contributed by atoms with Gasteiger partial charge in [0.05, 0.1) is 17.1 Å². The van der Waals surface area contributed by atoms with E-state index >= 15 is 0 Å². The minimum Gasteiger partial charge on any atom is -0.876 e. The summed E-state index contributed by atoms with van der Waals surface area (Å²) in [4.78, 5) is 26.7. The van der Waals surface area contributed by atoms with Crippen molar-refractivity contribution in [3.8, 4) is 0 Å². The zero-order valence-electron chi connectivity index (χ0n) is 23.5. The van der Waals surface area contributed by atoms with Crippen LogP contribution in [0.15, 0.2) is 115 Å². The Morgan fingerprint density at radius 1 is 0.622 bits per heavy atom. The molecule has 0 amide bonds. The normalized spacial score (nSPS) is 10.9. The molecule has 14 nitrogen and oxygen atoms in total. The van der Waals surface area contributed by atoms with E-state index in [1.54, 1.807) is 24.3 Å². The molecule has 0 atom stereocenters. The first-order chi connectivity index (χ1) is 20.6. The number of allylic oxidation sites excluding steroid dienone is 2. The Bertz CT molecular complexity index is 1240. The van der Waals surface area contributed by atoms with Crippen LogP contribution in [0.5, 0.6) is 0 Å². The maximum absolute atomic E-state index is 11.2. The molecule has 0 aliphatic rings. The van der Waals surface area contributed by atoms with E-state index in [9.17, 15) is 9.90 Å². The van der Waals surface area contributed by atoms with Gasteiger partial charge in [0.15, 0.2) is 5.78 Å².